The molecule has 17 heavy (non-hydrogen) atoms. The molecule has 3 heteroatoms. The van der Waals surface area contributed by atoms with Gasteiger partial charge in [-0.1, -0.05) is 25.7 Å². The third kappa shape index (κ3) is 9.97. The van der Waals surface area contributed by atoms with Crippen LogP contribution >= 0.6 is 0 Å². The summed E-state index contributed by atoms with van der Waals surface area (Å²) >= 11 is 0. The number of aliphatic hydroxyl groups is 1. The Labute approximate surface area is 105 Å². The van der Waals surface area contributed by atoms with Crippen LogP contribution in [-0.4, -0.2) is 30.6 Å². The summed E-state index contributed by atoms with van der Waals surface area (Å²) in [6.07, 6.45) is 8.53. The minimum atomic E-state index is -0.358. The highest BCUT2D eigenvalue weighted by atomic mass is 16.5. The van der Waals surface area contributed by atoms with Gasteiger partial charge in [0.25, 0.3) is 0 Å². The summed E-state index contributed by atoms with van der Waals surface area (Å²) in [5.74, 6) is 0. The summed E-state index contributed by atoms with van der Waals surface area (Å²) in [7, 11) is 0. The van der Waals surface area contributed by atoms with Crippen LogP contribution in [0.15, 0.2) is 29.4 Å². The van der Waals surface area contributed by atoms with Crippen molar-refractivity contribution in [3.05, 3.63) is 24.4 Å². The van der Waals surface area contributed by atoms with E-state index in [1.54, 1.807) is 12.3 Å². The molecular weight excluding hydrogens is 214 g/mol. The third-order valence-corrected chi connectivity index (χ3v) is 2.31. The second kappa shape index (κ2) is 11.6. The molecule has 0 aromatic heterocycles. The molecule has 1 atom stereocenters. The van der Waals surface area contributed by atoms with Crippen molar-refractivity contribution in [1.29, 1.82) is 0 Å². The zero-order chi connectivity index (χ0) is 12.9. The summed E-state index contributed by atoms with van der Waals surface area (Å²) in [4.78, 5) is 4.24. The van der Waals surface area contributed by atoms with E-state index < -0.39 is 0 Å². The van der Waals surface area contributed by atoms with Crippen LogP contribution in [-0.2, 0) is 4.74 Å². The molecular formula is C14H25NO2. The van der Waals surface area contributed by atoms with Crippen molar-refractivity contribution < 1.29 is 9.84 Å². The van der Waals surface area contributed by atoms with E-state index in [0.717, 1.165) is 38.0 Å². The average Bonchev–Trinajstić information content (AvgIpc) is 2.34. The fraction of sp³-hybridized carbons (Fsp3) is 0.643. The molecule has 0 fully saturated rings. The molecule has 1 unspecified atom stereocenters. The van der Waals surface area contributed by atoms with Gasteiger partial charge in [0.05, 0.1) is 12.7 Å². The van der Waals surface area contributed by atoms with E-state index in [2.05, 4.69) is 18.5 Å². The van der Waals surface area contributed by atoms with Crippen molar-refractivity contribution in [1.82, 2.24) is 0 Å². The molecule has 1 N–H and O–H groups in total. The van der Waals surface area contributed by atoms with Crippen LogP contribution in [0.25, 0.3) is 0 Å². The molecule has 3 nitrogen and oxygen atoms in total. The normalized spacial score (nSPS) is 14.2. The van der Waals surface area contributed by atoms with Crippen molar-refractivity contribution in [2.24, 2.45) is 4.99 Å². The van der Waals surface area contributed by atoms with E-state index in [9.17, 15) is 5.11 Å². The number of allylic oxidation sites excluding steroid dienone is 3. The minimum absolute atomic E-state index is 0.358. The van der Waals surface area contributed by atoms with E-state index in [-0.39, 0.29) is 6.10 Å². The van der Waals surface area contributed by atoms with Crippen molar-refractivity contribution in [2.45, 2.75) is 45.6 Å². The van der Waals surface area contributed by atoms with Gasteiger partial charge in [0.2, 0.25) is 0 Å². The first kappa shape index (κ1) is 16.1. The van der Waals surface area contributed by atoms with Gasteiger partial charge in [-0.3, -0.25) is 4.99 Å². The third-order valence-electron chi connectivity index (χ3n) is 2.31. The lowest BCUT2D eigenvalue weighted by atomic mass is 10.1. The Morgan fingerprint density at radius 1 is 1.53 bits per heavy atom. The van der Waals surface area contributed by atoms with Crippen LogP contribution in [0.1, 0.15) is 39.5 Å². The Morgan fingerprint density at radius 3 is 2.88 bits per heavy atom. The molecule has 0 amide bonds. The van der Waals surface area contributed by atoms with Crippen LogP contribution in [0.4, 0.5) is 0 Å². The first-order valence-electron chi connectivity index (χ1n) is 6.30. The Balaban J connectivity index is 3.66. The topological polar surface area (TPSA) is 41.8 Å². The second-order valence-electron chi connectivity index (χ2n) is 3.91. The van der Waals surface area contributed by atoms with Crippen LogP contribution in [0.3, 0.4) is 0 Å². The molecule has 98 valence electrons. The summed E-state index contributed by atoms with van der Waals surface area (Å²) in [6, 6.07) is 0. The lowest BCUT2D eigenvalue weighted by molar-refractivity contribution is 0.0319. The molecule has 0 aromatic rings. The molecule has 0 spiro atoms. The van der Waals surface area contributed by atoms with Gasteiger partial charge < -0.3 is 9.84 Å². The van der Waals surface area contributed by atoms with E-state index in [4.69, 9.17) is 4.74 Å². The van der Waals surface area contributed by atoms with Gasteiger partial charge in [-0.15, -0.1) is 0 Å². The Kier molecular flexibility index (Phi) is 10.9. The van der Waals surface area contributed by atoms with E-state index in [1.165, 1.54) is 0 Å². The highest BCUT2D eigenvalue weighted by Gasteiger charge is 2.04. The highest BCUT2D eigenvalue weighted by molar-refractivity contribution is 5.71. The van der Waals surface area contributed by atoms with Gasteiger partial charge in [-0.2, -0.15) is 0 Å². The Hall–Kier alpha value is -0.930. The molecule has 0 aliphatic heterocycles. The molecule has 0 aromatic carbocycles. The zero-order valence-electron chi connectivity index (χ0n) is 11.1. The molecule has 0 bridgehead atoms. The zero-order valence-corrected chi connectivity index (χ0v) is 11.1. The summed E-state index contributed by atoms with van der Waals surface area (Å²) in [5.41, 5.74) is 1.03. The summed E-state index contributed by atoms with van der Waals surface area (Å²) in [5, 5.41) is 9.64. The number of nitrogens with zero attached hydrogens (tertiary/aromatic N) is 1. The van der Waals surface area contributed by atoms with Crippen LogP contribution < -0.4 is 0 Å². The number of aliphatic hydroxyl groups excluding tert-OH is 1. The van der Waals surface area contributed by atoms with Gasteiger partial charge in [0.15, 0.2) is 0 Å². The van der Waals surface area contributed by atoms with E-state index in [1.807, 2.05) is 13.0 Å². The van der Waals surface area contributed by atoms with Gasteiger partial charge >= 0.3 is 0 Å². The molecule has 0 heterocycles. The Bertz CT molecular complexity index is 247. The second-order valence-corrected chi connectivity index (χ2v) is 3.91. The van der Waals surface area contributed by atoms with Gasteiger partial charge in [-0.05, 0) is 32.6 Å². The summed E-state index contributed by atoms with van der Waals surface area (Å²) in [6.45, 7) is 8.77. The lowest BCUT2D eigenvalue weighted by Crippen LogP contribution is -2.15. The molecule has 0 saturated carbocycles. The van der Waals surface area contributed by atoms with Crippen molar-refractivity contribution in [3.63, 3.8) is 0 Å². The van der Waals surface area contributed by atoms with Gasteiger partial charge in [0.1, 0.15) is 0 Å². The number of hydrogen-bond acceptors (Lipinski definition) is 3. The van der Waals surface area contributed by atoms with Gasteiger partial charge in [0, 0.05) is 18.5 Å². The molecule has 0 radical (unpaired) electrons. The molecule has 0 rings (SSSR count). The molecule has 0 saturated heterocycles. The highest BCUT2D eigenvalue weighted by Crippen LogP contribution is 2.10. The maximum absolute atomic E-state index is 9.64. The first-order valence-corrected chi connectivity index (χ1v) is 6.30. The predicted molar refractivity (Wildman–Crippen MR) is 73.4 cm³/mol. The average molecular weight is 239 g/mol. The van der Waals surface area contributed by atoms with E-state index in [0.29, 0.717) is 6.61 Å². The monoisotopic (exact) mass is 239 g/mol. The fourth-order valence-corrected chi connectivity index (χ4v) is 1.40. The number of rotatable bonds is 10. The quantitative estimate of drug-likeness (QED) is 0.470. The lowest BCUT2D eigenvalue weighted by Gasteiger charge is -2.10. The maximum atomic E-state index is 9.64. The first-order chi connectivity index (χ1) is 8.24. The number of hydrogen-bond donors (Lipinski definition) is 1. The largest absolute Gasteiger partial charge is 0.391 e. The standard InChI is InChI=1S/C14H25NO2/c1-4-10-15-13(6-3)8-7-9-14(16)12-17-11-5-2/h4,6,10,14,16H,1,5,7-9,11-12H2,2-3H3/b13-6-,15-10?. The van der Waals surface area contributed by atoms with Crippen molar-refractivity contribution >= 4 is 6.21 Å². The minimum Gasteiger partial charge on any atom is -0.391 e. The maximum Gasteiger partial charge on any atom is 0.0773 e. The fourth-order valence-electron chi connectivity index (χ4n) is 1.40. The molecule has 0 aliphatic carbocycles. The SMILES string of the molecule is C=CC=N/C(=C\C)CCCC(O)COCCC. The number of aliphatic imine (C=N–C) groups is 1. The smallest absolute Gasteiger partial charge is 0.0773 e. The van der Waals surface area contributed by atoms with Crippen LogP contribution in [0, 0.1) is 0 Å². The molecule has 0 aliphatic rings. The van der Waals surface area contributed by atoms with Crippen molar-refractivity contribution in [2.75, 3.05) is 13.2 Å². The summed E-state index contributed by atoms with van der Waals surface area (Å²) < 4.78 is 5.29. The predicted octanol–water partition coefficient (Wildman–Crippen LogP) is 3.10. The van der Waals surface area contributed by atoms with Gasteiger partial charge in [-0.25, -0.2) is 0 Å². The van der Waals surface area contributed by atoms with Crippen LogP contribution in [0.5, 0.6) is 0 Å². The Morgan fingerprint density at radius 2 is 2.29 bits per heavy atom. The van der Waals surface area contributed by atoms with E-state index >= 15 is 0 Å². The van der Waals surface area contributed by atoms with Crippen LogP contribution in [0.2, 0.25) is 0 Å². The number of ether oxygens (including phenoxy) is 1. The van der Waals surface area contributed by atoms with Crippen molar-refractivity contribution in [3.8, 4) is 0 Å².